The van der Waals surface area contributed by atoms with E-state index in [0.717, 1.165) is 18.9 Å². The van der Waals surface area contributed by atoms with E-state index >= 15 is 0 Å². The monoisotopic (exact) mass is 213 g/mol. The lowest BCUT2D eigenvalue weighted by Gasteiger charge is -2.13. The molecule has 90 valence electrons. The lowest BCUT2D eigenvalue weighted by atomic mass is 10.1. The van der Waals surface area contributed by atoms with Gasteiger partial charge >= 0.3 is 0 Å². The summed E-state index contributed by atoms with van der Waals surface area (Å²) in [5.74, 6) is 2.11. The summed E-state index contributed by atoms with van der Waals surface area (Å²) in [6.45, 7) is 12.4. The molecule has 0 saturated heterocycles. The zero-order valence-electron chi connectivity index (χ0n) is 11.4. The molecule has 1 N–H and O–H groups in total. The van der Waals surface area contributed by atoms with Crippen LogP contribution in [-0.2, 0) is 0 Å². The molecule has 0 aromatic carbocycles. The standard InChI is InChI=1S/C13H28N2/c1-7-8-9-15(6)13(10-11(2)3)14-12(4)5/h11-12H,7-10H2,1-6H3/p+1. The molecule has 0 unspecified atom stereocenters. The van der Waals surface area contributed by atoms with E-state index in [1.165, 1.54) is 18.7 Å². The Labute approximate surface area is 95.8 Å². The Kier molecular flexibility index (Phi) is 7.45. The van der Waals surface area contributed by atoms with Crippen molar-refractivity contribution < 1.29 is 4.58 Å². The van der Waals surface area contributed by atoms with Crippen LogP contribution in [0.15, 0.2) is 0 Å². The van der Waals surface area contributed by atoms with Gasteiger partial charge in [0.15, 0.2) is 0 Å². The smallest absolute Gasteiger partial charge is 0.244 e. The number of nitrogens with one attached hydrogen (secondary N) is 1. The molecule has 0 saturated carbocycles. The topological polar surface area (TPSA) is 15.0 Å². The molecule has 0 rings (SSSR count). The lowest BCUT2D eigenvalue weighted by Crippen LogP contribution is -2.38. The summed E-state index contributed by atoms with van der Waals surface area (Å²) < 4.78 is 2.38. The van der Waals surface area contributed by atoms with Gasteiger partial charge in [-0.3, -0.25) is 9.89 Å². The maximum atomic E-state index is 3.56. The van der Waals surface area contributed by atoms with Crippen LogP contribution in [0.1, 0.15) is 53.9 Å². The number of hydrogen-bond donors (Lipinski definition) is 1. The van der Waals surface area contributed by atoms with Gasteiger partial charge in [-0.05, 0) is 26.2 Å². The molecular weight excluding hydrogens is 184 g/mol. The van der Waals surface area contributed by atoms with Gasteiger partial charge < -0.3 is 0 Å². The van der Waals surface area contributed by atoms with Gasteiger partial charge in [0.1, 0.15) is 0 Å². The van der Waals surface area contributed by atoms with Crippen LogP contribution in [0, 0.1) is 5.92 Å². The van der Waals surface area contributed by atoms with E-state index in [2.05, 4.69) is 51.6 Å². The van der Waals surface area contributed by atoms with Crippen molar-refractivity contribution in [3.63, 3.8) is 0 Å². The maximum Gasteiger partial charge on any atom is 0.244 e. The molecule has 0 aromatic heterocycles. The second-order valence-corrected chi connectivity index (χ2v) is 5.12. The van der Waals surface area contributed by atoms with E-state index in [0.29, 0.717) is 6.04 Å². The first-order chi connectivity index (χ1) is 6.97. The molecule has 0 aromatic rings. The summed E-state index contributed by atoms with van der Waals surface area (Å²) in [7, 11) is 2.20. The molecule has 0 fully saturated rings. The van der Waals surface area contributed by atoms with Crippen molar-refractivity contribution in [3.8, 4) is 0 Å². The quantitative estimate of drug-likeness (QED) is 0.407. The molecule has 2 heteroatoms. The minimum atomic E-state index is 0.530. The van der Waals surface area contributed by atoms with Crippen LogP contribution in [0.25, 0.3) is 0 Å². The Morgan fingerprint density at radius 3 is 2.20 bits per heavy atom. The van der Waals surface area contributed by atoms with Crippen LogP contribution in [0.5, 0.6) is 0 Å². The van der Waals surface area contributed by atoms with E-state index < -0.39 is 0 Å². The molecule has 0 spiro atoms. The van der Waals surface area contributed by atoms with Gasteiger partial charge in [-0.15, -0.1) is 0 Å². The zero-order chi connectivity index (χ0) is 11.8. The molecule has 0 bridgehead atoms. The minimum Gasteiger partial charge on any atom is -0.276 e. The molecule has 0 aliphatic heterocycles. The fourth-order valence-electron chi connectivity index (χ4n) is 1.58. The molecule has 0 aliphatic carbocycles. The van der Waals surface area contributed by atoms with E-state index in [4.69, 9.17) is 0 Å². The summed E-state index contributed by atoms with van der Waals surface area (Å²) in [6.07, 6.45) is 3.69. The Balaban J connectivity index is 4.42. The zero-order valence-corrected chi connectivity index (χ0v) is 11.4. The van der Waals surface area contributed by atoms with E-state index in [1.54, 1.807) is 0 Å². The average Bonchev–Trinajstić information content (AvgIpc) is 2.11. The number of hydrogen-bond acceptors (Lipinski definition) is 0. The third kappa shape index (κ3) is 7.40. The number of amidine groups is 1. The Hall–Kier alpha value is -0.530. The summed E-state index contributed by atoms with van der Waals surface area (Å²) >= 11 is 0. The maximum absolute atomic E-state index is 3.56. The summed E-state index contributed by atoms with van der Waals surface area (Å²) in [6, 6.07) is 0.530. The average molecular weight is 213 g/mol. The highest BCUT2D eigenvalue weighted by atomic mass is 15.1. The van der Waals surface area contributed by atoms with Crippen LogP contribution in [0.4, 0.5) is 0 Å². The predicted octanol–water partition coefficient (Wildman–Crippen LogP) is 2.87. The SMILES string of the molecule is CCCC[N+](C)=C(CC(C)C)NC(C)C. The summed E-state index contributed by atoms with van der Waals surface area (Å²) in [5, 5.41) is 3.56. The Morgan fingerprint density at radius 2 is 1.80 bits per heavy atom. The molecule has 0 atom stereocenters. The van der Waals surface area contributed by atoms with Crippen molar-refractivity contribution in [2.75, 3.05) is 13.6 Å². The summed E-state index contributed by atoms with van der Waals surface area (Å²) in [5.41, 5.74) is 0. The Morgan fingerprint density at radius 1 is 1.20 bits per heavy atom. The molecule has 0 heterocycles. The molecule has 0 amide bonds. The first-order valence-corrected chi connectivity index (χ1v) is 6.30. The number of unbranched alkanes of at least 4 members (excludes halogenated alkanes) is 1. The fraction of sp³-hybridized carbons (Fsp3) is 0.923. The second-order valence-electron chi connectivity index (χ2n) is 5.12. The summed E-state index contributed by atoms with van der Waals surface area (Å²) in [4.78, 5) is 0. The van der Waals surface area contributed by atoms with E-state index in [-0.39, 0.29) is 0 Å². The van der Waals surface area contributed by atoms with Crippen molar-refractivity contribution in [3.05, 3.63) is 0 Å². The highest BCUT2D eigenvalue weighted by Gasteiger charge is 2.13. The van der Waals surface area contributed by atoms with Crippen molar-refractivity contribution >= 4 is 5.84 Å². The largest absolute Gasteiger partial charge is 0.276 e. The molecule has 15 heavy (non-hydrogen) atoms. The van der Waals surface area contributed by atoms with Crippen LogP contribution < -0.4 is 5.32 Å². The van der Waals surface area contributed by atoms with E-state index in [1.807, 2.05) is 0 Å². The minimum absolute atomic E-state index is 0.530. The third-order valence-electron chi connectivity index (χ3n) is 2.36. The number of rotatable bonds is 6. The van der Waals surface area contributed by atoms with Crippen LogP contribution in [0.3, 0.4) is 0 Å². The van der Waals surface area contributed by atoms with Gasteiger partial charge in [0.2, 0.25) is 5.84 Å². The van der Waals surface area contributed by atoms with Crippen LogP contribution >= 0.6 is 0 Å². The first kappa shape index (κ1) is 14.5. The molecule has 2 nitrogen and oxygen atoms in total. The van der Waals surface area contributed by atoms with Gasteiger partial charge in [-0.25, -0.2) is 0 Å². The molecule has 0 radical (unpaired) electrons. The third-order valence-corrected chi connectivity index (χ3v) is 2.36. The highest BCUT2D eigenvalue weighted by molar-refractivity contribution is 5.77. The lowest BCUT2D eigenvalue weighted by molar-refractivity contribution is -0.501. The number of nitrogens with zero attached hydrogens (tertiary/aromatic N) is 1. The van der Waals surface area contributed by atoms with Gasteiger partial charge in [0.05, 0.1) is 26.1 Å². The van der Waals surface area contributed by atoms with E-state index in [9.17, 15) is 0 Å². The van der Waals surface area contributed by atoms with Gasteiger partial charge in [-0.2, -0.15) is 0 Å². The van der Waals surface area contributed by atoms with Crippen molar-refractivity contribution in [2.45, 2.75) is 59.9 Å². The van der Waals surface area contributed by atoms with Crippen molar-refractivity contribution in [1.29, 1.82) is 0 Å². The fourth-order valence-corrected chi connectivity index (χ4v) is 1.58. The first-order valence-electron chi connectivity index (χ1n) is 6.30. The molecular formula is C13H29N2+. The van der Waals surface area contributed by atoms with Gasteiger partial charge in [0.25, 0.3) is 0 Å². The van der Waals surface area contributed by atoms with Gasteiger partial charge in [-0.1, -0.05) is 27.2 Å². The second kappa shape index (κ2) is 7.72. The Bertz CT molecular complexity index is 181. The normalized spacial score (nSPS) is 13.3. The van der Waals surface area contributed by atoms with Crippen molar-refractivity contribution in [1.82, 2.24) is 5.32 Å². The van der Waals surface area contributed by atoms with Crippen molar-refractivity contribution in [2.24, 2.45) is 5.92 Å². The van der Waals surface area contributed by atoms with Crippen LogP contribution in [-0.4, -0.2) is 30.0 Å². The molecule has 0 aliphatic rings. The highest BCUT2D eigenvalue weighted by Crippen LogP contribution is 2.01. The van der Waals surface area contributed by atoms with Gasteiger partial charge in [0, 0.05) is 0 Å². The predicted molar refractivity (Wildman–Crippen MR) is 68.7 cm³/mol. The van der Waals surface area contributed by atoms with Crippen LogP contribution in [0.2, 0.25) is 0 Å².